The number of benzene rings is 1. The average Bonchev–Trinajstić information content (AvgIpc) is 3.00. The Kier molecular flexibility index (Phi) is 5.61. The lowest BCUT2D eigenvalue weighted by atomic mass is 10.1. The topological polar surface area (TPSA) is 58.4 Å². The number of carbonyl (C=O) groups is 1. The molecule has 1 aromatic heterocycles. The third kappa shape index (κ3) is 4.82. The van der Waals surface area contributed by atoms with Crippen molar-refractivity contribution in [3.05, 3.63) is 41.8 Å². The summed E-state index contributed by atoms with van der Waals surface area (Å²) in [5, 5.41) is 2.71. The van der Waals surface area contributed by atoms with Crippen LogP contribution in [0.15, 0.2) is 34.9 Å². The van der Waals surface area contributed by atoms with E-state index < -0.39 is 11.7 Å². The van der Waals surface area contributed by atoms with Crippen LogP contribution < -0.4 is 5.32 Å². The van der Waals surface area contributed by atoms with Crippen molar-refractivity contribution in [2.45, 2.75) is 12.6 Å². The molecule has 0 saturated heterocycles. The first-order valence-corrected chi connectivity index (χ1v) is 7.33. The molecule has 0 saturated carbocycles. The van der Waals surface area contributed by atoms with Gasteiger partial charge >= 0.3 is 6.18 Å². The van der Waals surface area contributed by atoms with Crippen LogP contribution in [-0.4, -0.2) is 43.0 Å². The van der Waals surface area contributed by atoms with Gasteiger partial charge in [0.25, 0.3) is 5.91 Å². The highest BCUT2D eigenvalue weighted by molar-refractivity contribution is 5.92. The van der Waals surface area contributed by atoms with Crippen LogP contribution >= 0.6 is 0 Å². The van der Waals surface area contributed by atoms with Gasteiger partial charge in [0.05, 0.1) is 5.56 Å². The van der Waals surface area contributed by atoms with Crippen LogP contribution in [0, 0.1) is 0 Å². The maximum Gasteiger partial charge on any atom is 0.416 e. The Bertz CT molecular complexity index is 679. The summed E-state index contributed by atoms with van der Waals surface area (Å²) in [5.74, 6) is -0.280. The number of amides is 1. The zero-order valence-corrected chi connectivity index (χ0v) is 13.4. The van der Waals surface area contributed by atoms with Gasteiger partial charge in [-0.25, -0.2) is 4.98 Å². The lowest BCUT2D eigenvalue weighted by Crippen LogP contribution is -2.27. The van der Waals surface area contributed by atoms with E-state index in [9.17, 15) is 18.0 Å². The van der Waals surface area contributed by atoms with Crippen LogP contribution in [-0.2, 0) is 6.18 Å². The van der Waals surface area contributed by atoms with Gasteiger partial charge in [0.2, 0.25) is 5.89 Å². The zero-order chi connectivity index (χ0) is 17.7. The van der Waals surface area contributed by atoms with Crippen LogP contribution in [0.1, 0.15) is 22.5 Å². The second-order valence-corrected chi connectivity index (χ2v) is 5.53. The lowest BCUT2D eigenvalue weighted by Gasteiger charge is -2.08. The molecule has 24 heavy (non-hydrogen) atoms. The van der Waals surface area contributed by atoms with Crippen molar-refractivity contribution in [1.29, 1.82) is 0 Å². The van der Waals surface area contributed by atoms with Gasteiger partial charge in [-0.2, -0.15) is 13.2 Å². The Morgan fingerprint density at radius 1 is 1.25 bits per heavy atom. The first-order chi connectivity index (χ1) is 11.3. The predicted octanol–water partition coefficient (Wildman–Crippen LogP) is 3.04. The molecule has 5 nitrogen and oxygen atoms in total. The molecule has 130 valence electrons. The van der Waals surface area contributed by atoms with Crippen molar-refractivity contribution < 1.29 is 22.4 Å². The van der Waals surface area contributed by atoms with E-state index in [1.807, 2.05) is 19.0 Å². The zero-order valence-electron chi connectivity index (χ0n) is 13.4. The molecule has 1 N–H and O–H groups in total. The molecular formula is C16H18F3N3O2. The molecule has 0 unspecified atom stereocenters. The third-order valence-electron chi connectivity index (χ3n) is 3.26. The maximum atomic E-state index is 12.5. The number of aromatic nitrogens is 1. The van der Waals surface area contributed by atoms with Crippen molar-refractivity contribution >= 4 is 5.91 Å². The average molecular weight is 341 g/mol. The summed E-state index contributed by atoms with van der Waals surface area (Å²) >= 11 is 0. The number of oxazole rings is 1. The summed E-state index contributed by atoms with van der Waals surface area (Å²) in [6.07, 6.45) is -2.41. The summed E-state index contributed by atoms with van der Waals surface area (Å²) in [5.41, 5.74) is -0.291. The Balaban J connectivity index is 1.98. The van der Waals surface area contributed by atoms with Crippen molar-refractivity contribution in [3.63, 3.8) is 0 Å². The van der Waals surface area contributed by atoms with E-state index in [4.69, 9.17) is 4.42 Å². The van der Waals surface area contributed by atoms with Gasteiger partial charge in [-0.15, -0.1) is 0 Å². The minimum absolute atomic E-state index is 0.0924. The van der Waals surface area contributed by atoms with Crippen molar-refractivity contribution in [2.24, 2.45) is 0 Å². The van der Waals surface area contributed by atoms with E-state index in [1.165, 1.54) is 18.4 Å². The molecular weight excluding hydrogens is 323 g/mol. The summed E-state index contributed by atoms with van der Waals surface area (Å²) < 4.78 is 42.8. The van der Waals surface area contributed by atoms with Crippen molar-refractivity contribution in [1.82, 2.24) is 15.2 Å². The molecule has 0 atom stereocenters. The number of carbonyl (C=O) groups excluding carboxylic acids is 1. The largest absolute Gasteiger partial charge is 0.444 e. The second kappa shape index (κ2) is 7.48. The van der Waals surface area contributed by atoms with Crippen LogP contribution in [0.5, 0.6) is 0 Å². The minimum Gasteiger partial charge on any atom is -0.444 e. The molecule has 0 radical (unpaired) electrons. The number of rotatable bonds is 6. The van der Waals surface area contributed by atoms with E-state index in [1.54, 1.807) is 0 Å². The van der Waals surface area contributed by atoms with Gasteiger partial charge in [-0.05, 0) is 51.3 Å². The summed E-state index contributed by atoms with van der Waals surface area (Å²) in [4.78, 5) is 17.9. The standard InChI is InChI=1S/C16H18F3N3O2/c1-22(2)9-3-8-20-14(23)13-10-24-15(21-13)11-4-6-12(7-5-11)16(17,18)19/h4-7,10H,3,8-9H2,1-2H3,(H,20,23). The Hall–Kier alpha value is -2.35. The van der Waals surface area contributed by atoms with Crippen molar-refractivity contribution in [3.8, 4) is 11.5 Å². The molecule has 2 rings (SSSR count). The molecule has 0 bridgehead atoms. The van der Waals surface area contributed by atoms with Gasteiger partial charge in [-0.1, -0.05) is 0 Å². The normalized spacial score (nSPS) is 11.8. The Morgan fingerprint density at radius 3 is 2.50 bits per heavy atom. The van der Waals surface area contributed by atoms with E-state index >= 15 is 0 Å². The van der Waals surface area contributed by atoms with Crippen LogP contribution in [0.3, 0.4) is 0 Å². The molecule has 2 aromatic rings. The molecule has 1 aromatic carbocycles. The van der Waals surface area contributed by atoms with Crippen LogP contribution in [0.2, 0.25) is 0 Å². The number of hydrogen-bond donors (Lipinski definition) is 1. The Labute approximate surface area is 137 Å². The number of nitrogens with zero attached hydrogens (tertiary/aromatic N) is 2. The minimum atomic E-state index is -4.40. The molecule has 0 aliphatic carbocycles. The van der Waals surface area contributed by atoms with Gasteiger partial charge < -0.3 is 14.6 Å². The quantitative estimate of drug-likeness (QED) is 0.821. The van der Waals surface area contributed by atoms with E-state index in [0.29, 0.717) is 12.1 Å². The molecule has 0 spiro atoms. The van der Waals surface area contributed by atoms with Gasteiger partial charge in [-0.3, -0.25) is 4.79 Å². The highest BCUT2D eigenvalue weighted by atomic mass is 19.4. The van der Waals surface area contributed by atoms with Crippen molar-refractivity contribution in [2.75, 3.05) is 27.2 Å². The highest BCUT2D eigenvalue weighted by Crippen LogP contribution is 2.30. The van der Waals surface area contributed by atoms with Gasteiger partial charge in [0, 0.05) is 12.1 Å². The number of halogens is 3. The number of hydrogen-bond acceptors (Lipinski definition) is 4. The summed E-state index contributed by atoms with van der Waals surface area (Å²) in [6.45, 7) is 1.34. The summed E-state index contributed by atoms with van der Waals surface area (Å²) in [6, 6.07) is 4.40. The molecule has 0 aliphatic rings. The Morgan fingerprint density at radius 2 is 1.92 bits per heavy atom. The molecule has 0 fully saturated rings. The van der Waals surface area contributed by atoms with Crippen LogP contribution in [0.25, 0.3) is 11.5 Å². The fourth-order valence-electron chi connectivity index (χ4n) is 2.00. The summed E-state index contributed by atoms with van der Waals surface area (Å²) in [7, 11) is 3.88. The van der Waals surface area contributed by atoms with E-state index in [2.05, 4.69) is 10.3 Å². The molecule has 1 amide bonds. The number of alkyl halides is 3. The first kappa shape index (κ1) is 18.0. The lowest BCUT2D eigenvalue weighted by molar-refractivity contribution is -0.137. The molecule has 0 aliphatic heterocycles. The van der Waals surface area contributed by atoms with E-state index in [0.717, 1.165) is 25.1 Å². The maximum absolute atomic E-state index is 12.5. The van der Waals surface area contributed by atoms with E-state index in [-0.39, 0.29) is 17.5 Å². The first-order valence-electron chi connectivity index (χ1n) is 7.33. The monoisotopic (exact) mass is 341 g/mol. The smallest absolute Gasteiger partial charge is 0.416 e. The van der Waals surface area contributed by atoms with Gasteiger partial charge in [0.15, 0.2) is 5.69 Å². The van der Waals surface area contributed by atoms with Gasteiger partial charge in [0.1, 0.15) is 6.26 Å². The predicted molar refractivity (Wildman–Crippen MR) is 82.4 cm³/mol. The highest BCUT2D eigenvalue weighted by Gasteiger charge is 2.30. The fourth-order valence-corrected chi connectivity index (χ4v) is 2.00. The number of nitrogens with one attached hydrogen (secondary N) is 1. The van der Waals surface area contributed by atoms with Crippen LogP contribution in [0.4, 0.5) is 13.2 Å². The third-order valence-corrected chi connectivity index (χ3v) is 3.26. The second-order valence-electron chi connectivity index (χ2n) is 5.53. The SMILES string of the molecule is CN(C)CCCNC(=O)c1coc(-c2ccc(C(F)(F)F)cc2)n1. The fraction of sp³-hybridized carbons (Fsp3) is 0.375. The molecule has 1 heterocycles. The molecule has 8 heteroatoms.